The molecule has 1 fully saturated rings. The van der Waals surface area contributed by atoms with Crippen molar-refractivity contribution in [1.82, 2.24) is 5.32 Å². The van der Waals surface area contributed by atoms with Crippen LogP contribution in [0.1, 0.15) is 41.5 Å². The van der Waals surface area contributed by atoms with Crippen molar-refractivity contribution in [2.24, 2.45) is 0 Å². The van der Waals surface area contributed by atoms with E-state index in [9.17, 15) is 0 Å². The van der Waals surface area contributed by atoms with Gasteiger partial charge in [0.1, 0.15) is 0 Å². The Morgan fingerprint density at radius 1 is 1.59 bits per heavy atom. The molecular formula is C13H20BrNOS. The first kappa shape index (κ1) is 13.5. The van der Waals surface area contributed by atoms with Gasteiger partial charge in [0.25, 0.3) is 0 Å². The van der Waals surface area contributed by atoms with E-state index in [0.717, 1.165) is 6.42 Å². The van der Waals surface area contributed by atoms with Crippen molar-refractivity contribution in [3.63, 3.8) is 0 Å². The summed E-state index contributed by atoms with van der Waals surface area (Å²) in [6.07, 6.45) is 4.76. The number of thiophene rings is 1. The van der Waals surface area contributed by atoms with Gasteiger partial charge in [-0.05, 0) is 61.7 Å². The van der Waals surface area contributed by atoms with Crippen molar-refractivity contribution in [2.75, 3.05) is 14.2 Å². The van der Waals surface area contributed by atoms with E-state index >= 15 is 0 Å². The van der Waals surface area contributed by atoms with Crippen LogP contribution in [0, 0.1) is 6.92 Å². The molecule has 17 heavy (non-hydrogen) atoms. The first-order chi connectivity index (χ1) is 8.10. The summed E-state index contributed by atoms with van der Waals surface area (Å²) in [5, 5.41) is 3.43. The molecule has 1 aliphatic rings. The number of methoxy groups -OCH3 is 1. The highest BCUT2D eigenvalue weighted by molar-refractivity contribution is 9.10. The lowest BCUT2D eigenvalue weighted by molar-refractivity contribution is -0.0832. The molecule has 1 aromatic rings. The van der Waals surface area contributed by atoms with E-state index in [0.29, 0.717) is 6.04 Å². The van der Waals surface area contributed by atoms with Gasteiger partial charge in [-0.3, -0.25) is 0 Å². The zero-order chi connectivity index (χ0) is 12.5. The Labute approximate surface area is 116 Å². The third kappa shape index (κ3) is 2.75. The van der Waals surface area contributed by atoms with Gasteiger partial charge >= 0.3 is 0 Å². The molecule has 96 valence electrons. The average molecular weight is 318 g/mol. The van der Waals surface area contributed by atoms with Crippen LogP contribution in [-0.4, -0.2) is 19.8 Å². The van der Waals surface area contributed by atoms with Crippen LogP contribution in [-0.2, 0) is 4.74 Å². The first-order valence-corrected chi connectivity index (χ1v) is 7.69. The second-order valence-corrected chi connectivity index (χ2v) is 7.00. The molecule has 2 nitrogen and oxygen atoms in total. The highest BCUT2D eigenvalue weighted by Gasteiger charge is 2.39. The number of nitrogens with one attached hydrogen (secondary N) is 1. The normalized spacial score (nSPS) is 20.0. The molecule has 0 aliphatic heterocycles. The SMILES string of the molecule is CNC(CC1(OC)CCC1)c1sc(C)cc1Br. The van der Waals surface area contributed by atoms with Crippen LogP contribution in [0.15, 0.2) is 10.5 Å². The molecule has 1 saturated carbocycles. The maximum atomic E-state index is 5.72. The summed E-state index contributed by atoms with van der Waals surface area (Å²) in [7, 11) is 3.88. The highest BCUT2D eigenvalue weighted by atomic mass is 79.9. The molecule has 1 aliphatic carbocycles. The maximum Gasteiger partial charge on any atom is 0.0697 e. The van der Waals surface area contributed by atoms with E-state index in [2.05, 4.69) is 34.2 Å². The number of hydrogen-bond donors (Lipinski definition) is 1. The second-order valence-electron chi connectivity index (χ2n) is 4.86. The molecule has 1 N–H and O–H groups in total. The van der Waals surface area contributed by atoms with Crippen LogP contribution in [0.4, 0.5) is 0 Å². The standard InChI is InChI=1S/C13H20BrNOS/c1-9-7-10(14)12(17-9)11(15-2)8-13(16-3)5-4-6-13/h7,11,15H,4-6,8H2,1-3H3. The van der Waals surface area contributed by atoms with Crippen molar-refractivity contribution in [1.29, 1.82) is 0 Å². The predicted molar refractivity (Wildman–Crippen MR) is 76.8 cm³/mol. The largest absolute Gasteiger partial charge is 0.378 e. The molecule has 1 atom stereocenters. The van der Waals surface area contributed by atoms with Crippen LogP contribution in [0.2, 0.25) is 0 Å². The van der Waals surface area contributed by atoms with E-state index in [4.69, 9.17) is 4.74 Å². The zero-order valence-corrected chi connectivity index (χ0v) is 13.1. The van der Waals surface area contributed by atoms with Gasteiger partial charge in [-0.1, -0.05) is 0 Å². The Balaban J connectivity index is 2.13. The molecule has 0 amide bonds. The number of hydrogen-bond acceptors (Lipinski definition) is 3. The van der Waals surface area contributed by atoms with Crippen LogP contribution >= 0.6 is 27.3 Å². The lowest BCUT2D eigenvalue weighted by atomic mass is 9.75. The summed E-state index contributed by atoms with van der Waals surface area (Å²) in [4.78, 5) is 2.75. The summed E-state index contributed by atoms with van der Waals surface area (Å²) < 4.78 is 6.95. The van der Waals surface area contributed by atoms with E-state index < -0.39 is 0 Å². The van der Waals surface area contributed by atoms with E-state index in [1.807, 2.05) is 25.5 Å². The van der Waals surface area contributed by atoms with Gasteiger partial charge in [0, 0.05) is 27.4 Å². The molecule has 0 radical (unpaired) electrons. The molecular weight excluding hydrogens is 298 g/mol. The van der Waals surface area contributed by atoms with Crippen molar-refractivity contribution in [2.45, 2.75) is 44.2 Å². The highest BCUT2D eigenvalue weighted by Crippen LogP contribution is 2.44. The summed E-state index contributed by atoms with van der Waals surface area (Å²) in [6.45, 7) is 2.15. The fourth-order valence-corrected chi connectivity index (χ4v) is 4.54. The van der Waals surface area contributed by atoms with Gasteiger partial charge in [0.2, 0.25) is 0 Å². The number of halogens is 1. The average Bonchev–Trinajstić information content (AvgIpc) is 2.58. The minimum Gasteiger partial charge on any atom is -0.378 e. The molecule has 1 heterocycles. The van der Waals surface area contributed by atoms with E-state index in [1.54, 1.807) is 0 Å². The topological polar surface area (TPSA) is 21.3 Å². The number of aryl methyl sites for hydroxylation is 1. The number of ether oxygens (including phenoxy) is 1. The fourth-order valence-electron chi connectivity index (χ4n) is 2.50. The van der Waals surface area contributed by atoms with Crippen LogP contribution in [0.25, 0.3) is 0 Å². The monoisotopic (exact) mass is 317 g/mol. The third-order valence-electron chi connectivity index (χ3n) is 3.78. The third-order valence-corrected chi connectivity index (χ3v) is 5.86. The maximum absolute atomic E-state index is 5.72. The van der Waals surface area contributed by atoms with Gasteiger partial charge in [-0.15, -0.1) is 11.3 Å². The molecule has 1 unspecified atom stereocenters. The van der Waals surface area contributed by atoms with Gasteiger partial charge in [-0.25, -0.2) is 0 Å². The predicted octanol–water partition coefficient (Wildman–Crippen LogP) is 4.04. The minimum absolute atomic E-state index is 0.116. The molecule has 4 heteroatoms. The van der Waals surface area contributed by atoms with Crippen molar-refractivity contribution in [3.8, 4) is 0 Å². The molecule has 0 aromatic carbocycles. The second kappa shape index (κ2) is 5.39. The first-order valence-electron chi connectivity index (χ1n) is 6.08. The smallest absolute Gasteiger partial charge is 0.0697 e. The lowest BCUT2D eigenvalue weighted by Gasteiger charge is -2.42. The van der Waals surface area contributed by atoms with Crippen LogP contribution in [0.5, 0.6) is 0 Å². The molecule has 0 saturated heterocycles. The molecule has 2 rings (SSSR count). The van der Waals surface area contributed by atoms with Crippen LogP contribution in [0.3, 0.4) is 0 Å². The van der Waals surface area contributed by atoms with Crippen molar-refractivity contribution in [3.05, 3.63) is 20.3 Å². The van der Waals surface area contributed by atoms with E-state index in [1.165, 1.54) is 33.5 Å². The lowest BCUT2D eigenvalue weighted by Crippen LogP contribution is -2.42. The van der Waals surface area contributed by atoms with Crippen LogP contribution < -0.4 is 5.32 Å². The summed E-state index contributed by atoms with van der Waals surface area (Å²) >= 11 is 5.53. The van der Waals surface area contributed by atoms with E-state index in [-0.39, 0.29) is 5.60 Å². The minimum atomic E-state index is 0.116. The Kier molecular flexibility index (Phi) is 4.29. The van der Waals surface area contributed by atoms with Crippen molar-refractivity contribution < 1.29 is 4.74 Å². The number of rotatable bonds is 5. The molecule has 1 aromatic heterocycles. The summed E-state index contributed by atoms with van der Waals surface area (Å²) in [6, 6.07) is 2.59. The zero-order valence-electron chi connectivity index (χ0n) is 10.7. The summed E-state index contributed by atoms with van der Waals surface area (Å²) in [5.74, 6) is 0. The molecule has 0 bridgehead atoms. The Morgan fingerprint density at radius 3 is 2.65 bits per heavy atom. The van der Waals surface area contributed by atoms with Gasteiger partial charge in [-0.2, -0.15) is 0 Å². The van der Waals surface area contributed by atoms with Gasteiger partial charge < -0.3 is 10.1 Å². The van der Waals surface area contributed by atoms with Gasteiger partial charge in [0.15, 0.2) is 0 Å². The Hall–Kier alpha value is 0.100. The Morgan fingerprint density at radius 2 is 2.29 bits per heavy atom. The van der Waals surface area contributed by atoms with Crippen molar-refractivity contribution >= 4 is 27.3 Å². The molecule has 0 spiro atoms. The Bertz CT molecular complexity index is 381. The summed E-state index contributed by atoms with van der Waals surface area (Å²) in [5.41, 5.74) is 0.116. The quantitative estimate of drug-likeness (QED) is 0.885. The fraction of sp³-hybridized carbons (Fsp3) is 0.692. The van der Waals surface area contributed by atoms with Gasteiger partial charge in [0.05, 0.1) is 5.60 Å².